The van der Waals surface area contributed by atoms with Crippen LogP contribution in [-0.2, 0) is 10.3 Å². The number of rotatable bonds is 3. The topological polar surface area (TPSA) is 69.1 Å². The third kappa shape index (κ3) is 1.52. The molecule has 4 N–H and O–H groups in total. The van der Waals surface area contributed by atoms with E-state index in [1.54, 1.807) is 12.1 Å². The lowest BCUT2D eigenvalue weighted by Gasteiger charge is -2.20. The fourth-order valence-corrected chi connectivity index (χ4v) is 0.982. The van der Waals surface area contributed by atoms with Gasteiger partial charge in [0.15, 0.2) is 0 Å². The van der Waals surface area contributed by atoms with Crippen molar-refractivity contribution in [3.8, 4) is 0 Å². The summed E-state index contributed by atoms with van der Waals surface area (Å²) in [5.41, 5.74) is 10.8. The zero-order valence-electron chi connectivity index (χ0n) is 6.73. The number of carbonyl (C=O) groups excluding carboxylic acids is 1. The van der Waals surface area contributed by atoms with Crippen LogP contribution in [0.2, 0.25) is 0 Å². The van der Waals surface area contributed by atoms with Crippen molar-refractivity contribution < 1.29 is 4.79 Å². The van der Waals surface area contributed by atoms with Gasteiger partial charge in [0, 0.05) is 6.54 Å². The Bertz CT molecular complexity index is 260. The molecule has 0 fully saturated rings. The van der Waals surface area contributed by atoms with Crippen LogP contribution in [0.3, 0.4) is 0 Å². The lowest BCUT2D eigenvalue weighted by Crippen LogP contribution is -2.45. The maximum absolute atomic E-state index is 10.7. The van der Waals surface area contributed by atoms with Crippen LogP contribution in [0.4, 0.5) is 0 Å². The van der Waals surface area contributed by atoms with Gasteiger partial charge in [-0.1, -0.05) is 30.3 Å². The van der Waals surface area contributed by atoms with Crippen molar-refractivity contribution in [3.63, 3.8) is 0 Å². The minimum absolute atomic E-state index is 0.126. The summed E-state index contributed by atoms with van der Waals surface area (Å²) < 4.78 is 0. The van der Waals surface area contributed by atoms with E-state index in [2.05, 4.69) is 0 Å². The number of hydrogen-bond donors (Lipinski definition) is 2. The Morgan fingerprint density at radius 1 is 1.33 bits per heavy atom. The van der Waals surface area contributed by atoms with Crippen LogP contribution in [0, 0.1) is 0 Å². The lowest BCUT2D eigenvalue weighted by atomic mass is 9.93. The molecule has 3 heteroatoms. The Morgan fingerprint density at radius 2 is 1.92 bits per heavy atom. The van der Waals surface area contributed by atoms with Gasteiger partial charge in [-0.15, -0.1) is 0 Å². The molecule has 0 spiro atoms. The van der Waals surface area contributed by atoms with Crippen molar-refractivity contribution in [2.24, 2.45) is 11.5 Å². The average Bonchev–Trinajstić information content (AvgIpc) is 2.18. The molecule has 0 aliphatic rings. The van der Waals surface area contributed by atoms with Gasteiger partial charge in [0.05, 0.1) is 0 Å². The Morgan fingerprint density at radius 3 is 2.33 bits per heavy atom. The molecular formula is C9H12N2O. The van der Waals surface area contributed by atoms with Crippen LogP contribution < -0.4 is 11.5 Å². The molecular weight excluding hydrogens is 152 g/mol. The van der Waals surface area contributed by atoms with Gasteiger partial charge >= 0.3 is 0 Å². The zero-order valence-corrected chi connectivity index (χ0v) is 6.73. The summed E-state index contributed by atoms with van der Waals surface area (Å²) in [4.78, 5) is 10.7. The van der Waals surface area contributed by atoms with E-state index in [1.807, 2.05) is 18.2 Å². The second-order valence-electron chi connectivity index (χ2n) is 2.73. The molecule has 12 heavy (non-hydrogen) atoms. The van der Waals surface area contributed by atoms with Gasteiger partial charge in [0.1, 0.15) is 11.8 Å². The lowest BCUT2D eigenvalue weighted by molar-refractivity contribution is -0.112. The van der Waals surface area contributed by atoms with Crippen LogP contribution in [0.5, 0.6) is 0 Å². The van der Waals surface area contributed by atoms with Crippen molar-refractivity contribution in [3.05, 3.63) is 35.9 Å². The Kier molecular flexibility index (Phi) is 2.58. The van der Waals surface area contributed by atoms with Crippen LogP contribution >= 0.6 is 0 Å². The predicted molar refractivity (Wildman–Crippen MR) is 47.4 cm³/mol. The Balaban J connectivity index is 3.03. The van der Waals surface area contributed by atoms with Gasteiger partial charge in [0.25, 0.3) is 0 Å². The molecule has 0 aromatic heterocycles. The molecule has 0 aliphatic heterocycles. The molecule has 0 bridgehead atoms. The third-order valence-corrected chi connectivity index (χ3v) is 1.86. The van der Waals surface area contributed by atoms with E-state index >= 15 is 0 Å². The van der Waals surface area contributed by atoms with Gasteiger partial charge in [-0.25, -0.2) is 0 Å². The molecule has 1 unspecified atom stereocenters. The van der Waals surface area contributed by atoms with Crippen molar-refractivity contribution in [1.82, 2.24) is 0 Å². The molecule has 0 saturated carbocycles. The summed E-state index contributed by atoms with van der Waals surface area (Å²) in [6.45, 7) is 0.126. The molecule has 64 valence electrons. The van der Waals surface area contributed by atoms with E-state index in [0.29, 0.717) is 6.29 Å². The highest BCUT2D eigenvalue weighted by Crippen LogP contribution is 2.13. The number of aldehydes is 1. The number of nitrogens with two attached hydrogens (primary N) is 2. The molecule has 3 nitrogen and oxygen atoms in total. The predicted octanol–water partition coefficient (Wildman–Crippen LogP) is -0.00180. The molecule has 0 aliphatic carbocycles. The SMILES string of the molecule is NCC(N)(C=O)c1ccccc1. The molecule has 1 rings (SSSR count). The Labute approximate surface area is 71.4 Å². The van der Waals surface area contributed by atoms with Crippen LogP contribution in [0.1, 0.15) is 5.56 Å². The largest absolute Gasteiger partial charge is 0.328 e. The fraction of sp³-hybridized carbons (Fsp3) is 0.222. The monoisotopic (exact) mass is 164 g/mol. The van der Waals surface area contributed by atoms with Crippen LogP contribution in [0.25, 0.3) is 0 Å². The van der Waals surface area contributed by atoms with E-state index in [-0.39, 0.29) is 6.54 Å². The minimum atomic E-state index is -1.03. The maximum atomic E-state index is 10.7. The quantitative estimate of drug-likeness (QED) is 0.618. The molecule has 1 atom stereocenters. The van der Waals surface area contributed by atoms with Crippen LogP contribution in [-0.4, -0.2) is 12.8 Å². The first kappa shape index (κ1) is 8.90. The highest BCUT2D eigenvalue weighted by molar-refractivity contribution is 5.67. The fourth-order valence-electron chi connectivity index (χ4n) is 0.982. The second-order valence-corrected chi connectivity index (χ2v) is 2.73. The van der Waals surface area contributed by atoms with Crippen LogP contribution in [0.15, 0.2) is 30.3 Å². The smallest absolute Gasteiger partial charge is 0.145 e. The van der Waals surface area contributed by atoms with E-state index < -0.39 is 5.54 Å². The van der Waals surface area contributed by atoms with Crippen molar-refractivity contribution in [2.45, 2.75) is 5.54 Å². The first-order valence-corrected chi connectivity index (χ1v) is 3.74. The summed E-state index contributed by atoms with van der Waals surface area (Å²) in [5, 5.41) is 0. The molecule has 0 heterocycles. The van der Waals surface area contributed by atoms with Gasteiger partial charge < -0.3 is 16.3 Å². The molecule has 0 saturated heterocycles. The van der Waals surface area contributed by atoms with Gasteiger partial charge in [-0.2, -0.15) is 0 Å². The normalized spacial score (nSPS) is 15.2. The summed E-state index contributed by atoms with van der Waals surface area (Å²) >= 11 is 0. The molecule has 1 aromatic rings. The standard InChI is InChI=1S/C9H12N2O/c10-6-9(11,7-12)8-4-2-1-3-5-8/h1-5,7H,6,10-11H2. The molecule has 0 radical (unpaired) electrons. The summed E-state index contributed by atoms with van der Waals surface area (Å²) in [5.74, 6) is 0. The molecule has 1 aromatic carbocycles. The summed E-state index contributed by atoms with van der Waals surface area (Å²) in [7, 11) is 0. The highest BCUT2D eigenvalue weighted by Gasteiger charge is 2.23. The van der Waals surface area contributed by atoms with Crippen molar-refractivity contribution in [1.29, 1.82) is 0 Å². The van der Waals surface area contributed by atoms with E-state index in [1.165, 1.54) is 0 Å². The van der Waals surface area contributed by atoms with E-state index in [4.69, 9.17) is 11.5 Å². The number of benzene rings is 1. The summed E-state index contributed by atoms with van der Waals surface area (Å²) in [6.07, 6.45) is 0.683. The first-order chi connectivity index (χ1) is 5.73. The van der Waals surface area contributed by atoms with E-state index in [0.717, 1.165) is 5.56 Å². The molecule has 0 amide bonds. The van der Waals surface area contributed by atoms with Gasteiger partial charge in [-0.3, -0.25) is 0 Å². The minimum Gasteiger partial charge on any atom is -0.328 e. The summed E-state index contributed by atoms with van der Waals surface area (Å²) in [6, 6.07) is 9.11. The highest BCUT2D eigenvalue weighted by atomic mass is 16.1. The van der Waals surface area contributed by atoms with Gasteiger partial charge in [0.2, 0.25) is 0 Å². The third-order valence-electron chi connectivity index (χ3n) is 1.86. The van der Waals surface area contributed by atoms with Crippen molar-refractivity contribution >= 4 is 6.29 Å². The zero-order chi connectivity index (χ0) is 9.03. The maximum Gasteiger partial charge on any atom is 0.145 e. The number of carbonyl (C=O) groups is 1. The number of hydrogen-bond acceptors (Lipinski definition) is 3. The van der Waals surface area contributed by atoms with Gasteiger partial charge in [-0.05, 0) is 5.56 Å². The average molecular weight is 164 g/mol. The van der Waals surface area contributed by atoms with Crippen molar-refractivity contribution in [2.75, 3.05) is 6.54 Å². The second kappa shape index (κ2) is 3.47. The first-order valence-electron chi connectivity index (χ1n) is 3.74. The van der Waals surface area contributed by atoms with E-state index in [9.17, 15) is 4.79 Å². The Hall–Kier alpha value is -1.19.